The molecule has 1 aliphatic carbocycles. The van der Waals surface area contributed by atoms with E-state index in [4.69, 9.17) is 38.1 Å². The molecule has 1 aliphatic heterocycles. The number of rotatable bonds is 8. The monoisotopic (exact) mass is 389 g/mol. The van der Waals surface area contributed by atoms with Crippen LogP contribution in [-0.4, -0.2) is 84.6 Å². The third-order valence-electron chi connectivity index (χ3n) is 5.09. The van der Waals surface area contributed by atoms with Gasteiger partial charge in [-0.1, -0.05) is 0 Å². The number of ether oxygens (including phenoxy) is 2. The zero-order valence-corrected chi connectivity index (χ0v) is 15.6. The molecule has 1 saturated carbocycles. The number of aliphatic imine (C=N–C) groups is 1. The van der Waals surface area contributed by atoms with Crippen molar-refractivity contribution in [3.05, 3.63) is 0 Å². The number of nitrogens with one attached hydrogen (secondary N) is 1. The van der Waals surface area contributed by atoms with Gasteiger partial charge >= 0.3 is 0 Å². The van der Waals surface area contributed by atoms with Crippen LogP contribution in [0.1, 0.15) is 25.7 Å². The normalized spacial score (nSPS) is 38.3. The first-order valence-corrected chi connectivity index (χ1v) is 9.48. The summed E-state index contributed by atoms with van der Waals surface area (Å²) in [5.74, 6) is -0.0420. The van der Waals surface area contributed by atoms with Crippen molar-refractivity contribution in [3.63, 3.8) is 0 Å². The lowest BCUT2D eigenvalue weighted by molar-refractivity contribution is -0.242. The number of guanidine groups is 1. The van der Waals surface area contributed by atoms with Crippen LogP contribution >= 0.6 is 0 Å². The molecule has 1 saturated heterocycles. The highest BCUT2D eigenvalue weighted by Crippen LogP contribution is 2.28. The zero-order valence-electron chi connectivity index (χ0n) is 15.6. The van der Waals surface area contributed by atoms with Gasteiger partial charge in [-0.3, -0.25) is 0 Å². The highest BCUT2D eigenvalue weighted by Gasteiger charge is 2.41. The van der Waals surface area contributed by atoms with Gasteiger partial charge in [0.2, 0.25) is 0 Å². The van der Waals surface area contributed by atoms with Crippen LogP contribution in [0.15, 0.2) is 4.99 Å². The fraction of sp³-hybridized carbons (Fsp3) is 0.938. The van der Waals surface area contributed by atoms with E-state index >= 15 is 0 Å². The summed E-state index contributed by atoms with van der Waals surface area (Å²) in [5.41, 5.74) is 28.4. The molecule has 0 amide bonds. The van der Waals surface area contributed by atoms with Crippen molar-refractivity contribution in [3.8, 4) is 0 Å². The number of hydrogen-bond donors (Lipinski definition) is 8. The summed E-state index contributed by atoms with van der Waals surface area (Å²) in [6.07, 6.45) is -0.473. The molecule has 8 atom stereocenters. The minimum absolute atomic E-state index is 0.0337. The van der Waals surface area contributed by atoms with E-state index in [0.717, 1.165) is 6.42 Å². The Morgan fingerprint density at radius 1 is 1.26 bits per heavy atom. The van der Waals surface area contributed by atoms with Crippen LogP contribution in [0.3, 0.4) is 0 Å². The van der Waals surface area contributed by atoms with Crippen LogP contribution in [0, 0.1) is 0 Å². The summed E-state index contributed by atoms with van der Waals surface area (Å²) in [6, 6.07) is -0.815. The van der Waals surface area contributed by atoms with Crippen LogP contribution in [0.25, 0.3) is 0 Å². The predicted octanol–water partition coefficient (Wildman–Crippen LogP) is -3.76. The van der Waals surface area contributed by atoms with E-state index in [1.807, 2.05) is 0 Å². The van der Waals surface area contributed by atoms with Crippen molar-refractivity contribution < 1.29 is 19.7 Å². The minimum Gasteiger partial charge on any atom is -0.390 e. The number of aliphatic hydroxyl groups is 2. The van der Waals surface area contributed by atoms with Crippen molar-refractivity contribution in [2.75, 3.05) is 19.6 Å². The largest absolute Gasteiger partial charge is 0.390 e. The SMILES string of the molecule is NCC(O)CN[C@H]1C[C@@H](O)C(O[C@H]2O[C@H](CN)CC[C@H]2N=C(N)N)[C@@H](N)C1. The van der Waals surface area contributed by atoms with Crippen LogP contribution in [0.4, 0.5) is 0 Å². The fourth-order valence-electron chi connectivity index (χ4n) is 3.62. The molecule has 0 aromatic carbocycles. The second-order valence-corrected chi connectivity index (χ2v) is 7.36. The van der Waals surface area contributed by atoms with Gasteiger partial charge in [0.1, 0.15) is 12.1 Å². The molecule has 2 aliphatic rings. The molecule has 0 spiro atoms. The Morgan fingerprint density at radius 3 is 2.59 bits per heavy atom. The zero-order chi connectivity index (χ0) is 20.0. The van der Waals surface area contributed by atoms with E-state index in [1.165, 1.54) is 0 Å². The van der Waals surface area contributed by atoms with Crippen LogP contribution in [0.2, 0.25) is 0 Å². The highest BCUT2D eigenvalue weighted by molar-refractivity contribution is 5.75. The van der Waals surface area contributed by atoms with E-state index in [-0.39, 0.29) is 30.7 Å². The van der Waals surface area contributed by atoms with Crippen LogP contribution in [-0.2, 0) is 9.47 Å². The Labute approximate surface area is 159 Å². The van der Waals surface area contributed by atoms with Crippen molar-refractivity contribution in [2.45, 2.75) is 74.5 Å². The van der Waals surface area contributed by atoms with E-state index < -0.39 is 30.6 Å². The van der Waals surface area contributed by atoms with Gasteiger partial charge in [0.05, 0.1) is 18.3 Å². The Hall–Kier alpha value is -1.05. The molecular weight excluding hydrogens is 354 g/mol. The lowest BCUT2D eigenvalue weighted by Gasteiger charge is -2.42. The van der Waals surface area contributed by atoms with Gasteiger partial charge in [-0.05, 0) is 25.7 Å². The molecule has 0 aromatic heterocycles. The standard InChI is InChI=1S/C16H35N7O4/c17-5-9(24)7-22-8-3-11(19)14(13(25)4-8)27-15-12(23-16(20)21)2-1-10(6-18)26-15/h8-15,22,24-25H,1-7,17-19H2,(H4,20,21,23)/t8-,9?,10+,11+,12-,13-,14?,15-/m1/s1. The second kappa shape index (κ2) is 10.5. The van der Waals surface area contributed by atoms with Crippen LogP contribution in [0.5, 0.6) is 0 Å². The van der Waals surface area contributed by atoms with Crippen molar-refractivity contribution >= 4 is 5.96 Å². The summed E-state index contributed by atoms with van der Waals surface area (Å²) in [6.45, 7) is 0.888. The molecule has 27 heavy (non-hydrogen) atoms. The molecule has 158 valence electrons. The lowest BCUT2D eigenvalue weighted by Crippen LogP contribution is -2.58. The molecule has 0 bridgehead atoms. The van der Waals surface area contributed by atoms with Gasteiger partial charge in [-0.15, -0.1) is 0 Å². The number of nitrogens with two attached hydrogens (primary N) is 5. The summed E-state index contributed by atoms with van der Waals surface area (Å²) >= 11 is 0. The maximum Gasteiger partial charge on any atom is 0.186 e. The number of nitrogens with zero attached hydrogens (tertiary/aromatic N) is 1. The van der Waals surface area contributed by atoms with Crippen molar-refractivity contribution in [1.29, 1.82) is 0 Å². The summed E-state index contributed by atoms with van der Waals surface area (Å²) in [5, 5.41) is 23.3. The second-order valence-electron chi connectivity index (χ2n) is 7.36. The summed E-state index contributed by atoms with van der Waals surface area (Å²) in [4.78, 5) is 4.18. The Morgan fingerprint density at radius 2 is 2.00 bits per heavy atom. The molecule has 2 unspecified atom stereocenters. The van der Waals surface area contributed by atoms with E-state index in [1.54, 1.807) is 0 Å². The van der Waals surface area contributed by atoms with Gasteiger partial charge in [0.15, 0.2) is 12.2 Å². The van der Waals surface area contributed by atoms with Crippen molar-refractivity contribution in [2.24, 2.45) is 33.7 Å². The molecule has 1 heterocycles. The van der Waals surface area contributed by atoms with E-state index in [0.29, 0.717) is 32.4 Å². The van der Waals surface area contributed by atoms with Gasteiger partial charge in [0.25, 0.3) is 0 Å². The average Bonchev–Trinajstić information content (AvgIpc) is 2.63. The maximum atomic E-state index is 10.6. The average molecular weight is 390 g/mol. The Balaban J connectivity index is 1.96. The minimum atomic E-state index is -0.789. The lowest BCUT2D eigenvalue weighted by atomic mass is 9.86. The smallest absolute Gasteiger partial charge is 0.186 e. The van der Waals surface area contributed by atoms with Gasteiger partial charge in [-0.2, -0.15) is 0 Å². The van der Waals surface area contributed by atoms with E-state index in [2.05, 4.69) is 10.3 Å². The first-order chi connectivity index (χ1) is 12.8. The Bertz CT molecular complexity index is 468. The predicted molar refractivity (Wildman–Crippen MR) is 101 cm³/mol. The third kappa shape index (κ3) is 6.50. The molecule has 11 nitrogen and oxygen atoms in total. The number of hydrogen-bond acceptors (Lipinski definition) is 9. The summed E-state index contributed by atoms with van der Waals surface area (Å²) in [7, 11) is 0. The van der Waals surface area contributed by atoms with Crippen molar-refractivity contribution in [1.82, 2.24) is 5.32 Å². The summed E-state index contributed by atoms with van der Waals surface area (Å²) < 4.78 is 11.9. The topological polar surface area (TPSA) is 213 Å². The first-order valence-electron chi connectivity index (χ1n) is 9.48. The molecule has 0 radical (unpaired) electrons. The first kappa shape index (κ1) is 22.2. The highest BCUT2D eigenvalue weighted by atomic mass is 16.7. The third-order valence-corrected chi connectivity index (χ3v) is 5.09. The molecule has 11 heteroatoms. The fourth-order valence-corrected chi connectivity index (χ4v) is 3.62. The molecule has 2 fully saturated rings. The van der Waals surface area contributed by atoms with Gasteiger partial charge in [0, 0.05) is 31.7 Å². The molecular formula is C16H35N7O4. The van der Waals surface area contributed by atoms with E-state index in [9.17, 15) is 10.2 Å². The number of aliphatic hydroxyl groups excluding tert-OH is 2. The quantitative estimate of drug-likeness (QED) is 0.150. The maximum absolute atomic E-state index is 10.6. The molecule has 2 rings (SSSR count). The van der Waals surface area contributed by atoms with Crippen LogP contribution < -0.4 is 34.0 Å². The van der Waals surface area contributed by atoms with Gasteiger partial charge in [-0.25, -0.2) is 4.99 Å². The Kier molecular flexibility index (Phi) is 8.63. The molecule has 13 N–H and O–H groups in total. The van der Waals surface area contributed by atoms with Gasteiger partial charge < -0.3 is 53.7 Å². The molecule has 0 aromatic rings.